The number of thiophene rings is 1. The van der Waals surface area contributed by atoms with Crippen LogP contribution in [0, 0.1) is 11.8 Å². The van der Waals surface area contributed by atoms with Gasteiger partial charge in [-0.15, -0.1) is 11.3 Å². The highest BCUT2D eigenvalue weighted by Crippen LogP contribution is 2.43. The first kappa shape index (κ1) is 25.4. The normalized spacial score (nSPS) is 23.7. The molecule has 0 bridgehead atoms. The minimum absolute atomic E-state index is 0.0776. The van der Waals surface area contributed by atoms with Crippen LogP contribution in [0.25, 0.3) is 21.3 Å². The fourth-order valence-corrected chi connectivity index (χ4v) is 7.67. The number of nitrogens with one attached hydrogen (secondary N) is 2. The molecule has 194 valence electrons. The number of amides is 1. The molecular formula is C28H40N6OS. The number of piperidine rings is 1. The molecule has 1 amide bonds. The second kappa shape index (κ2) is 10.3. The Balaban J connectivity index is 1.40. The Morgan fingerprint density at radius 1 is 1.25 bits per heavy atom. The second-order valence-electron chi connectivity index (χ2n) is 11.3. The largest absolute Gasteiger partial charge is 0.361 e. The fourth-order valence-electron chi connectivity index (χ4n) is 6.91. The van der Waals surface area contributed by atoms with Gasteiger partial charge in [-0.05, 0) is 60.6 Å². The van der Waals surface area contributed by atoms with Crippen molar-refractivity contribution >= 4 is 28.1 Å². The summed E-state index contributed by atoms with van der Waals surface area (Å²) >= 11 is 1.75. The average Bonchev–Trinajstić information content (AvgIpc) is 3.54. The molecule has 0 spiro atoms. The van der Waals surface area contributed by atoms with Crippen molar-refractivity contribution < 1.29 is 4.79 Å². The van der Waals surface area contributed by atoms with Crippen LogP contribution in [0.4, 0.5) is 0 Å². The van der Waals surface area contributed by atoms with Crippen molar-refractivity contribution in [3.05, 3.63) is 47.5 Å². The molecule has 2 fully saturated rings. The number of carbonyl (C=O) groups excluding carboxylic acids is 1. The van der Waals surface area contributed by atoms with Crippen LogP contribution >= 0.6 is 11.3 Å². The van der Waals surface area contributed by atoms with Crippen molar-refractivity contribution in [2.75, 3.05) is 13.6 Å². The van der Waals surface area contributed by atoms with Crippen LogP contribution in [0.5, 0.6) is 0 Å². The third kappa shape index (κ3) is 4.61. The number of likely N-dealkylation sites (tertiary alicyclic amines) is 1. The number of aromatic nitrogens is 1. The van der Waals surface area contributed by atoms with Crippen LogP contribution in [-0.2, 0) is 10.2 Å². The summed E-state index contributed by atoms with van der Waals surface area (Å²) in [6.45, 7) is 5.26. The lowest BCUT2D eigenvalue weighted by atomic mass is 9.69. The van der Waals surface area contributed by atoms with Gasteiger partial charge in [-0.2, -0.15) is 0 Å². The van der Waals surface area contributed by atoms with Crippen molar-refractivity contribution in [2.24, 2.45) is 23.5 Å². The molecule has 1 saturated carbocycles. The van der Waals surface area contributed by atoms with Crippen molar-refractivity contribution in [3.63, 3.8) is 0 Å². The first-order chi connectivity index (χ1) is 17.3. The standard InChI is InChI=1S/C28H40N6OS/c1-28(2,21-17-31-22-11-4-9-20(26(21)22)24-13-7-15-36-24)16-25(35)34-14-6-10-18-19(8-5-12-23(18)34)27(32-29)33(3)30/h4,7,9,11,13,15,17-19,23,27,31-32H,5-6,8,10,12,14,16,29-30H2,1-3H3. The van der Waals surface area contributed by atoms with Crippen LogP contribution in [-0.4, -0.2) is 46.6 Å². The monoisotopic (exact) mass is 508 g/mol. The van der Waals surface area contributed by atoms with Crippen LogP contribution in [0.1, 0.15) is 57.9 Å². The van der Waals surface area contributed by atoms with Crippen LogP contribution in [0.15, 0.2) is 41.9 Å². The van der Waals surface area contributed by atoms with E-state index in [2.05, 4.69) is 71.1 Å². The lowest BCUT2D eigenvalue weighted by Gasteiger charge is -2.50. The number of hydrogen-bond acceptors (Lipinski definition) is 6. The van der Waals surface area contributed by atoms with Gasteiger partial charge >= 0.3 is 0 Å². The van der Waals surface area contributed by atoms with Crippen molar-refractivity contribution in [1.29, 1.82) is 0 Å². The number of benzene rings is 1. The van der Waals surface area contributed by atoms with Crippen molar-refractivity contribution in [3.8, 4) is 10.4 Å². The van der Waals surface area contributed by atoms with Gasteiger partial charge in [-0.3, -0.25) is 16.5 Å². The molecule has 3 aromatic rings. The topological polar surface area (TPSA) is 103 Å². The van der Waals surface area contributed by atoms with Gasteiger partial charge in [0.2, 0.25) is 5.91 Å². The predicted molar refractivity (Wildman–Crippen MR) is 148 cm³/mol. The predicted octanol–water partition coefficient (Wildman–Crippen LogP) is 4.57. The van der Waals surface area contributed by atoms with Crippen LogP contribution in [0.3, 0.4) is 0 Å². The molecule has 1 aliphatic carbocycles. The summed E-state index contributed by atoms with van der Waals surface area (Å²) in [5.74, 6) is 13.1. The number of rotatable bonds is 7. The van der Waals surface area contributed by atoms with Crippen LogP contribution < -0.4 is 17.1 Å². The van der Waals surface area contributed by atoms with Gasteiger partial charge in [0.1, 0.15) is 0 Å². The number of hydrazine groups is 2. The van der Waals surface area contributed by atoms with E-state index in [4.69, 9.17) is 11.7 Å². The zero-order chi connectivity index (χ0) is 25.4. The summed E-state index contributed by atoms with van der Waals surface area (Å²) in [4.78, 5) is 20.9. The van der Waals surface area contributed by atoms with E-state index in [1.165, 1.54) is 21.4 Å². The number of carbonyl (C=O) groups is 1. The summed E-state index contributed by atoms with van der Waals surface area (Å²) in [6, 6.07) is 11.0. The van der Waals surface area contributed by atoms with E-state index in [1.807, 2.05) is 7.05 Å². The maximum absolute atomic E-state index is 13.9. The van der Waals surface area contributed by atoms with E-state index in [1.54, 1.807) is 16.3 Å². The smallest absolute Gasteiger partial charge is 0.223 e. The summed E-state index contributed by atoms with van der Waals surface area (Å²) < 4.78 is 0. The summed E-state index contributed by atoms with van der Waals surface area (Å²) in [6.07, 6.45) is 7.93. The van der Waals surface area contributed by atoms with E-state index in [-0.39, 0.29) is 23.5 Å². The third-order valence-corrected chi connectivity index (χ3v) is 9.47. The Kier molecular flexibility index (Phi) is 7.25. The quantitative estimate of drug-likeness (QED) is 0.213. The summed E-state index contributed by atoms with van der Waals surface area (Å²) in [5, 5.41) is 5.04. The highest BCUT2D eigenvalue weighted by molar-refractivity contribution is 7.13. The van der Waals surface area contributed by atoms with E-state index >= 15 is 0 Å². The first-order valence-corrected chi connectivity index (χ1v) is 14.1. The molecule has 5 rings (SSSR count). The molecule has 1 aromatic carbocycles. The highest BCUT2D eigenvalue weighted by atomic mass is 32.1. The fraction of sp³-hybridized carbons (Fsp3) is 0.536. The molecule has 6 N–H and O–H groups in total. The zero-order valence-corrected chi connectivity index (χ0v) is 22.5. The van der Waals surface area contributed by atoms with Gasteiger partial charge in [-0.25, -0.2) is 10.4 Å². The highest BCUT2D eigenvalue weighted by Gasteiger charge is 2.44. The summed E-state index contributed by atoms with van der Waals surface area (Å²) in [5.41, 5.74) is 6.20. The Bertz CT molecular complexity index is 1190. The molecule has 4 unspecified atom stereocenters. The van der Waals surface area contributed by atoms with E-state index in [0.717, 1.165) is 44.2 Å². The number of aromatic amines is 1. The maximum Gasteiger partial charge on any atom is 0.223 e. The number of nitrogens with zero attached hydrogens (tertiary/aromatic N) is 2. The number of H-pyrrole nitrogens is 1. The average molecular weight is 509 g/mol. The molecule has 8 heteroatoms. The minimum atomic E-state index is -0.303. The van der Waals surface area contributed by atoms with Gasteiger partial charge in [0.05, 0.1) is 6.17 Å². The Morgan fingerprint density at radius 2 is 2.08 bits per heavy atom. The number of fused-ring (bicyclic) bond motifs is 2. The molecule has 4 atom stereocenters. The van der Waals surface area contributed by atoms with Gasteiger partial charge in [0.15, 0.2) is 0 Å². The first-order valence-electron chi connectivity index (χ1n) is 13.2. The minimum Gasteiger partial charge on any atom is -0.361 e. The second-order valence-corrected chi connectivity index (χ2v) is 12.2. The molecule has 36 heavy (non-hydrogen) atoms. The van der Waals surface area contributed by atoms with Gasteiger partial charge in [0, 0.05) is 59.0 Å². The number of hydrogen-bond donors (Lipinski definition) is 4. The van der Waals surface area contributed by atoms with Crippen LogP contribution in [0.2, 0.25) is 0 Å². The molecule has 2 aliphatic rings. The Labute approximate surface area is 218 Å². The number of nitrogens with two attached hydrogens (primary N) is 2. The molecule has 3 heterocycles. The van der Waals surface area contributed by atoms with E-state index < -0.39 is 0 Å². The van der Waals surface area contributed by atoms with Gasteiger partial charge in [-0.1, -0.05) is 38.5 Å². The van der Waals surface area contributed by atoms with Gasteiger partial charge in [0.25, 0.3) is 0 Å². The van der Waals surface area contributed by atoms with E-state index in [9.17, 15) is 4.79 Å². The van der Waals surface area contributed by atoms with Gasteiger partial charge < -0.3 is 9.88 Å². The molecule has 7 nitrogen and oxygen atoms in total. The van der Waals surface area contributed by atoms with Crippen molar-refractivity contribution in [1.82, 2.24) is 20.3 Å². The van der Waals surface area contributed by atoms with Crippen molar-refractivity contribution in [2.45, 2.75) is 70.0 Å². The lowest BCUT2D eigenvalue weighted by molar-refractivity contribution is -0.140. The Morgan fingerprint density at radius 3 is 2.81 bits per heavy atom. The summed E-state index contributed by atoms with van der Waals surface area (Å²) in [7, 11) is 1.87. The molecule has 1 saturated heterocycles. The zero-order valence-electron chi connectivity index (χ0n) is 21.7. The lowest BCUT2D eigenvalue weighted by Crippen LogP contribution is -2.61. The third-order valence-electron chi connectivity index (χ3n) is 8.57. The molecule has 1 aliphatic heterocycles. The molecule has 0 radical (unpaired) electrons. The SMILES string of the molecule is CN(N)C(NN)C1CCCC2C1CCCN2C(=O)CC(C)(C)c1c[nH]c2cccc(-c3cccs3)c12. The maximum atomic E-state index is 13.9. The molecule has 2 aromatic heterocycles. The molecular weight excluding hydrogens is 468 g/mol. The van der Waals surface area contributed by atoms with E-state index in [0.29, 0.717) is 18.3 Å². The Hall–Kier alpha value is -2.23.